The standard InChI is InChI=1S/C23H31N3O4.C3H8O2/c1-5-24-22(29)20(23(2,3)4)25-21(28)18(14-19(27)26-30)13-15-10-11-16-8-6-7-9-17(16)12-15;1-5-3-2-4/h6-12,18,20,30H,5,13-14H2,1-4H3,(H,24,29)(H,25,28)(H,26,27);4H,2-3H2,1H3. The van der Waals surface area contributed by atoms with E-state index in [1.807, 2.05) is 70.2 Å². The van der Waals surface area contributed by atoms with E-state index in [9.17, 15) is 14.4 Å². The van der Waals surface area contributed by atoms with Crippen LogP contribution in [0.2, 0.25) is 0 Å². The van der Waals surface area contributed by atoms with Gasteiger partial charge >= 0.3 is 0 Å². The molecule has 0 aliphatic rings. The second kappa shape index (κ2) is 15.1. The number of rotatable bonds is 10. The van der Waals surface area contributed by atoms with Crippen molar-refractivity contribution in [3.63, 3.8) is 0 Å². The Morgan fingerprint density at radius 3 is 2.20 bits per heavy atom. The number of carbonyl (C=O) groups is 3. The van der Waals surface area contributed by atoms with E-state index in [4.69, 9.17) is 10.3 Å². The second-order valence-corrected chi connectivity index (χ2v) is 9.24. The van der Waals surface area contributed by atoms with Crippen molar-refractivity contribution in [1.82, 2.24) is 16.1 Å². The van der Waals surface area contributed by atoms with Crippen molar-refractivity contribution in [1.29, 1.82) is 0 Å². The van der Waals surface area contributed by atoms with E-state index in [2.05, 4.69) is 15.4 Å². The van der Waals surface area contributed by atoms with Gasteiger partial charge in [-0.05, 0) is 35.1 Å². The van der Waals surface area contributed by atoms with Crippen LogP contribution in [-0.4, -0.2) is 60.9 Å². The smallest absolute Gasteiger partial charge is 0.244 e. The summed E-state index contributed by atoms with van der Waals surface area (Å²) in [7, 11) is 1.55. The number of aliphatic hydroxyl groups is 1. The number of carbonyl (C=O) groups excluding carboxylic acids is 3. The first-order valence-electron chi connectivity index (χ1n) is 11.7. The largest absolute Gasteiger partial charge is 0.394 e. The number of hydroxylamine groups is 1. The molecular weight excluding hydrogens is 450 g/mol. The summed E-state index contributed by atoms with van der Waals surface area (Å²) in [6, 6.07) is 13.0. The van der Waals surface area contributed by atoms with Crippen molar-refractivity contribution in [2.45, 2.75) is 46.6 Å². The van der Waals surface area contributed by atoms with Crippen LogP contribution in [0.1, 0.15) is 39.7 Å². The molecule has 0 saturated heterocycles. The fourth-order valence-corrected chi connectivity index (χ4v) is 3.48. The maximum absolute atomic E-state index is 13.1. The minimum atomic E-state index is -0.749. The van der Waals surface area contributed by atoms with Gasteiger partial charge in [0.25, 0.3) is 0 Å². The zero-order chi connectivity index (χ0) is 26.4. The molecule has 0 heterocycles. The first kappa shape index (κ1) is 30.0. The predicted octanol–water partition coefficient (Wildman–Crippen LogP) is 2.19. The van der Waals surface area contributed by atoms with E-state index < -0.39 is 29.2 Å². The lowest BCUT2D eigenvalue weighted by Crippen LogP contribution is -2.55. The van der Waals surface area contributed by atoms with Crippen molar-refractivity contribution < 1.29 is 29.4 Å². The molecule has 0 aliphatic carbocycles. The maximum Gasteiger partial charge on any atom is 0.244 e. The lowest BCUT2D eigenvalue weighted by Gasteiger charge is -2.31. The van der Waals surface area contributed by atoms with Gasteiger partial charge < -0.3 is 20.5 Å². The number of amides is 3. The highest BCUT2D eigenvalue weighted by Crippen LogP contribution is 2.23. The first-order chi connectivity index (χ1) is 16.6. The van der Waals surface area contributed by atoms with Crippen molar-refractivity contribution >= 4 is 28.5 Å². The molecule has 9 heteroatoms. The molecule has 194 valence electrons. The summed E-state index contributed by atoms with van der Waals surface area (Å²) >= 11 is 0. The van der Waals surface area contributed by atoms with Gasteiger partial charge in [-0.15, -0.1) is 0 Å². The van der Waals surface area contributed by atoms with Crippen LogP contribution in [0.3, 0.4) is 0 Å². The second-order valence-electron chi connectivity index (χ2n) is 9.24. The SMILES string of the molecule is CCNC(=O)C(NC(=O)C(CC(=O)NO)Cc1ccc2ccccc2c1)C(C)(C)C.COCCO. The predicted molar refractivity (Wildman–Crippen MR) is 135 cm³/mol. The van der Waals surface area contributed by atoms with E-state index in [0.29, 0.717) is 19.6 Å². The number of ether oxygens (including phenoxy) is 1. The number of benzene rings is 2. The summed E-state index contributed by atoms with van der Waals surface area (Å²) in [6.07, 6.45) is 0.109. The van der Waals surface area contributed by atoms with Crippen molar-refractivity contribution in [3.8, 4) is 0 Å². The molecule has 0 bridgehead atoms. The molecule has 0 radical (unpaired) electrons. The highest BCUT2D eigenvalue weighted by molar-refractivity contribution is 5.91. The topological polar surface area (TPSA) is 137 Å². The van der Waals surface area contributed by atoms with Crippen LogP contribution in [0.5, 0.6) is 0 Å². The minimum absolute atomic E-state index is 0.122. The number of likely N-dealkylation sites (N-methyl/N-ethyl adjacent to an activating group) is 1. The van der Waals surface area contributed by atoms with Gasteiger partial charge in [0.15, 0.2) is 0 Å². The number of hydrogen-bond donors (Lipinski definition) is 5. The first-order valence-corrected chi connectivity index (χ1v) is 11.7. The third-order valence-corrected chi connectivity index (χ3v) is 5.28. The van der Waals surface area contributed by atoms with Crippen LogP contribution in [0.15, 0.2) is 42.5 Å². The molecule has 2 aromatic carbocycles. The van der Waals surface area contributed by atoms with Gasteiger partial charge in [-0.25, -0.2) is 5.48 Å². The van der Waals surface area contributed by atoms with Gasteiger partial charge in [0.05, 0.1) is 19.1 Å². The third-order valence-electron chi connectivity index (χ3n) is 5.28. The Labute approximate surface area is 207 Å². The summed E-state index contributed by atoms with van der Waals surface area (Å²) in [6.45, 7) is 8.43. The summed E-state index contributed by atoms with van der Waals surface area (Å²) in [5.74, 6) is -2.06. The van der Waals surface area contributed by atoms with Crippen LogP contribution in [0.25, 0.3) is 10.8 Å². The van der Waals surface area contributed by atoms with Crippen LogP contribution in [-0.2, 0) is 25.5 Å². The molecule has 0 aromatic heterocycles. The van der Waals surface area contributed by atoms with Crippen LogP contribution >= 0.6 is 0 Å². The number of hydrogen-bond acceptors (Lipinski definition) is 6. The summed E-state index contributed by atoms with van der Waals surface area (Å²) < 4.78 is 4.44. The van der Waals surface area contributed by atoms with Gasteiger partial charge in [-0.2, -0.15) is 0 Å². The quantitative estimate of drug-likeness (QED) is 0.256. The van der Waals surface area contributed by atoms with E-state index in [1.165, 1.54) is 0 Å². The van der Waals surface area contributed by atoms with E-state index in [1.54, 1.807) is 12.6 Å². The van der Waals surface area contributed by atoms with Gasteiger partial charge in [-0.1, -0.05) is 63.2 Å². The Balaban J connectivity index is 0.00000111. The molecule has 35 heavy (non-hydrogen) atoms. The minimum Gasteiger partial charge on any atom is -0.394 e. The molecule has 0 fully saturated rings. The molecule has 0 spiro atoms. The van der Waals surface area contributed by atoms with Crippen LogP contribution < -0.4 is 16.1 Å². The van der Waals surface area contributed by atoms with Crippen molar-refractivity contribution in [3.05, 3.63) is 48.0 Å². The Kier molecular flexibility index (Phi) is 12.9. The van der Waals surface area contributed by atoms with E-state index in [0.717, 1.165) is 16.3 Å². The molecule has 0 aliphatic heterocycles. The molecular formula is C26H39N3O6. The number of nitrogens with one attached hydrogen (secondary N) is 3. The lowest BCUT2D eigenvalue weighted by molar-refractivity contribution is -0.137. The lowest BCUT2D eigenvalue weighted by atomic mass is 9.85. The average Bonchev–Trinajstić information content (AvgIpc) is 2.82. The Bertz CT molecular complexity index is 955. The van der Waals surface area contributed by atoms with Crippen molar-refractivity contribution in [2.24, 2.45) is 11.3 Å². The van der Waals surface area contributed by atoms with Gasteiger partial charge in [0, 0.05) is 20.1 Å². The highest BCUT2D eigenvalue weighted by atomic mass is 16.5. The third kappa shape index (κ3) is 10.4. The molecule has 2 aromatic rings. The van der Waals surface area contributed by atoms with Gasteiger partial charge in [0.1, 0.15) is 6.04 Å². The summed E-state index contributed by atoms with van der Waals surface area (Å²) in [4.78, 5) is 37.4. The van der Waals surface area contributed by atoms with Crippen LogP contribution in [0.4, 0.5) is 0 Å². The molecule has 2 rings (SSSR count). The Hall–Kier alpha value is -3.01. The van der Waals surface area contributed by atoms with E-state index in [-0.39, 0.29) is 18.9 Å². The monoisotopic (exact) mass is 489 g/mol. The molecule has 0 saturated carbocycles. The van der Waals surface area contributed by atoms with Crippen molar-refractivity contribution in [2.75, 3.05) is 26.9 Å². The fourth-order valence-electron chi connectivity index (χ4n) is 3.48. The van der Waals surface area contributed by atoms with Gasteiger partial charge in [-0.3, -0.25) is 19.6 Å². The molecule has 3 amide bonds. The molecule has 9 nitrogen and oxygen atoms in total. The Morgan fingerprint density at radius 2 is 1.69 bits per heavy atom. The number of fused-ring (bicyclic) bond motifs is 1. The maximum atomic E-state index is 13.1. The molecule has 5 N–H and O–H groups in total. The van der Waals surface area contributed by atoms with E-state index >= 15 is 0 Å². The summed E-state index contributed by atoms with van der Waals surface area (Å²) in [5, 5.41) is 24.6. The fraction of sp³-hybridized carbons (Fsp3) is 0.500. The molecule has 2 unspecified atom stereocenters. The number of methoxy groups -OCH3 is 1. The number of aliphatic hydroxyl groups excluding tert-OH is 1. The highest BCUT2D eigenvalue weighted by Gasteiger charge is 2.34. The zero-order valence-corrected chi connectivity index (χ0v) is 21.3. The average molecular weight is 490 g/mol. The summed E-state index contributed by atoms with van der Waals surface area (Å²) in [5.41, 5.74) is 1.98. The normalized spacial score (nSPS) is 12.7. The zero-order valence-electron chi connectivity index (χ0n) is 21.3. The van der Waals surface area contributed by atoms with Crippen LogP contribution in [0, 0.1) is 11.3 Å². The molecule has 2 atom stereocenters. The Morgan fingerprint density at radius 1 is 1.03 bits per heavy atom. The van der Waals surface area contributed by atoms with Gasteiger partial charge in [0.2, 0.25) is 17.7 Å².